The molecule has 1 aliphatic rings. The molecule has 0 radical (unpaired) electrons. The first kappa shape index (κ1) is 21.9. The number of hydrogen-bond donors (Lipinski definition) is 2. The summed E-state index contributed by atoms with van der Waals surface area (Å²) in [4.78, 5) is 36.4. The van der Waals surface area contributed by atoms with Gasteiger partial charge in [-0.15, -0.1) is 11.6 Å². The van der Waals surface area contributed by atoms with E-state index in [0.29, 0.717) is 15.8 Å². The zero-order valence-corrected chi connectivity index (χ0v) is 17.9. The molecule has 0 fully saturated rings. The molecule has 1 atom stereocenters. The SMILES string of the molecule is CC(C)(C)OC(=O)Nc1ccc(Br)cc1NC(=O)CC(=O)N1C=CC(Cl)C=N1. The maximum absolute atomic E-state index is 12.3. The van der Waals surface area contributed by atoms with Crippen LogP contribution in [0.2, 0.25) is 0 Å². The maximum Gasteiger partial charge on any atom is 0.412 e. The third-order valence-corrected chi connectivity index (χ3v) is 3.95. The van der Waals surface area contributed by atoms with E-state index in [-0.39, 0.29) is 5.38 Å². The van der Waals surface area contributed by atoms with Crippen LogP contribution in [0.15, 0.2) is 40.0 Å². The van der Waals surface area contributed by atoms with Crippen molar-refractivity contribution in [1.82, 2.24) is 5.01 Å². The predicted octanol–water partition coefficient (Wildman–Crippen LogP) is 4.07. The number of amides is 3. The van der Waals surface area contributed by atoms with Crippen molar-refractivity contribution in [2.45, 2.75) is 38.2 Å². The van der Waals surface area contributed by atoms with Gasteiger partial charge in [-0.25, -0.2) is 9.80 Å². The third kappa shape index (κ3) is 6.97. The normalized spacial score (nSPS) is 15.9. The van der Waals surface area contributed by atoms with Gasteiger partial charge in [0.05, 0.1) is 16.8 Å². The first-order valence-electron chi connectivity index (χ1n) is 8.31. The predicted molar refractivity (Wildman–Crippen MR) is 111 cm³/mol. The zero-order valence-electron chi connectivity index (χ0n) is 15.5. The molecule has 28 heavy (non-hydrogen) atoms. The zero-order chi connectivity index (χ0) is 20.9. The number of nitrogens with zero attached hydrogens (tertiary/aromatic N) is 2. The maximum atomic E-state index is 12.3. The highest BCUT2D eigenvalue weighted by Gasteiger charge is 2.20. The number of carbonyl (C=O) groups is 3. The Balaban J connectivity index is 2.04. The lowest BCUT2D eigenvalue weighted by Gasteiger charge is -2.21. The highest BCUT2D eigenvalue weighted by molar-refractivity contribution is 9.10. The number of anilines is 2. The topological polar surface area (TPSA) is 100 Å². The molecule has 1 aromatic rings. The van der Waals surface area contributed by atoms with Gasteiger partial charge in [0, 0.05) is 16.9 Å². The summed E-state index contributed by atoms with van der Waals surface area (Å²) in [7, 11) is 0. The van der Waals surface area contributed by atoms with Crippen LogP contribution in [0.4, 0.5) is 16.2 Å². The Morgan fingerprint density at radius 3 is 2.57 bits per heavy atom. The number of halogens is 2. The smallest absolute Gasteiger partial charge is 0.412 e. The number of hydrazone groups is 1. The van der Waals surface area contributed by atoms with Crippen LogP contribution in [-0.4, -0.2) is 40.1 Å². The molecular weight excluding hydrogens is 452 g/mol. The van der Waals surface area contributed by atoms with Crippen molar-refractivity contribution in [3.8, 4) is 0 Å². The summed E-state index contributed by atoms with van der Waals surface area (Å²) in [5, 5.41) is 9.70. The molecule has 10 heteroatoms. The number of benzene rings is 1. The molecule has 1 unspecified atom stereocenters. The molecule has 2 N–H and O–H groups in total. The van der Waals surface area contributed by atoms with Crippen molar-refractivity contribution in [3.05, 3.63) is 34.9 Å². The highest BCUT2D eigenvalue weighted by Crippen LogP contribution is 2.27. The van der Waals surface area contributed by atoms with Crippen LogP contribution in [0.5, 0.6) is 0 Å². The van der Waals surface area contributed by atoms with Gasteiger partial charge in [-0.1, -0.05) is 15.9 Å². The van der Waals surface area contributed by atoms with Gasteiger partial charge in [-0.05, 0) is 45.0 Å². The summed E-state index contributed by atoms with van der Waals surface area (Å²) in [5.74, 6) is -1.09. The molecule has 0 saturated heterocycles. The van der Waals surface area contributed by atoms with Crippen molar-refractivity contribution in [2.75, 3.05) is 10.6 Å². The van der Waals surface area contributed by atoms with Crippen molar-refractivity contribution < 1.29 is 19.1 Å². The summed E-state index contributed by atoms with van der Waals surface area (Å²) in [5.41, 5.74) is -0.0181. The lowest BCUT2D eigenvalue weighted by molar-refractivity contribution is -0.132. The van der Waals surface area contributed by atoms with E-state index in [1.807, 2.05) is 0 Å². The van der Waals surface area contributed by atoms with E-state index in [1.54, 1.807) is 45.0 Å². The largest absolute Gasteiger partial charge is 0.444 e. The Bertz CT molecular complexity index is 821. The van der Waals surface area contributed by atoms with Gasteiger partial charge >= 0.3 is 6.09 Å². The minimum absolute atomic E-state index is 0.316. The van der Waals surface area contributed by atoms with Crippen LogP contribution in [0.25, 0.3) is 0 Å². The highest BCUT2D eigenvalue weighted by atomic mass is 79.9. The minimum atomic E-state index is -0.667. The fraction of sp³-hybridized carbons (Fsp3) is 0.333. The van der Waals surface area contributed by atoms with Gasteiger partial charge in [0.1, 0.15) is 12.0 Å². The summed E-state index contributed by atoms with van der Waals surface area (Å²) in [6, 6.07) is 4.90. The summed E-state index contributed by atoms with van der Waals surface area (Å²) in [6.45, 7) is 5.23. The summed E-state index contributed by atoms with van der Waals surface area (Å²) in [6.07, 6.45) is 3.26. The molecular formula is C18H20BrClN4O4. The monoisotopic (exact) mass is 470 g/mol. The van der Waals surface area contributed by atoms with E-state index in [9.17, 15) is 14.4 Å². The van der Waals surface area contributed by atoms with E-state index in [2.05, 4.69) is 31.7 Å². The Morgan fingerprint density at radius 1 is 1.25 bits per heavy atom. The van der Waals surface area contributed by atoms with Gasteiger partial charge in [0.15, 0.2) is 0 Å². The van der Waals surface area contributed by atoms with E-state index in [1.165, 1.54) is 12.4 Å². The summed E-state index contributed by atoms with van der Waals surface area (Å²) >= 11 is 9.12. The second-order valence-electron chi connectivity index (χ2n) is 6.83. The molecule has 0 spiro atoms. The average Bonchev–Trinajstić information content (AvgIpc) is 2.56. The van der Waals surface area contributed by atoms with Crippen molar-refractivity contribution in [1.29, 1.82) is 0 Å². The van der Waals surface area contributed by atoms with Crippen LogP contribution >= 0.6 is 27.5 Å². The third-order valence-electron chi connectivity index (χ3n) is 3.20. The number of alkyl halides is 1. The Labute approximate surface area is 176 Å². The number of ether oxygens (including phenoxy) is 1. The van der Waals surface area contributed by atoms with Gasteiger partial charge in [-0.2, -0.15) is 5.10 Å². The Kier molecular flexibility index (Phi) is 7.20. The lowest BCUT2D eigenvalue weighted by atomic mass is 10.2. The fourth-order valence-corrected chi connectivity index (χ4v) is 2.57. The molecule has 1 heterocycles. The number of allylic oxidation sites excluding steroid dienone is 1. The van der Waals surface area contributed by atoms with Crippen LogP contribution in [0.3, 0.4) is 0 Å². The van der Waals surface area contributed by atoms with Crippen LogP contribution < -0.4 is 10.6 Å². The van der Waals surface area contributed by atoms with Gasteiger partial charge in [0.2, 0.25) is 5.91 Å². The number of hydrogen-bond acceptors (Lipinski definition) is 5. The van der Waals surface area contributed by atoms with Crippen molar-refractivity contribution in [2.24, 2.45) is 5.10 Å². The molecule has 0 aliphatic carbocycles. The second-order valence-corrected chi connectivity index (χ2v) is 8.25. The first-order chi connectivity index (χ1) is 13.0. The molecule has 1 aliphatic heterocycles. The molecule has 3 amide bonds. The van der Waals surface area contributed by atoms with Gasteiger partial charge in [-0.3, -0.25) is 14.9 Å². The van der Waals surface area contributed by atoms with Crippen molar-refractivity contribution in [3.63, 3.8) is 0 Å². The quantitative estimate of drug-likeness (QED) is 0.510. The molecule has 150 valence electrons. The Morgan fingerprint density at radius 2 is 1.96 bits per heavy atom. The fourth-order valence-electron chi connectivity index (χ4n) is 2.09. The van der Waals surface area contributed by atoms with E-state index in [0.717, 1.165) is 5.01 Å². The molecule has 2 rings (SSSR count). The molecule has 0 bridgehead atoms. The number of carbonyl (C=O) groups excluding carboxylic acids is 3. The van der Waals surface area contributed by atoms with Gasteiger partial charge < -0.3 is 10.1 Å². The van der Waals surface area contributed by atoms with Gasteiger partial charge in [0.25, 0.3) is 5.91 Å². The Hall–Kier alpha value is -2.39. The van der Waals surface area contributed by atoms with E-state index >= 15 is 0 Å². The lowest BCUT2D eigenvalue weighted by Crippen LogP contribution is -2.29. The second kappa shape index (κ2) is 9.20. The van der Waals surface area contributed by atoms with E-state index in [4.69, 9.17) is 16.3 Å². The first-order valence-corrected chi connectivity index (χ1v) is 9.54. The van der Waals surface area contributed by atoms with Crippen LogP contribution in [0, 0.1) is 0 Å². The van der Waals surface area contributed by atoms with Crippen LogP contribution in [-0.2, 0) is 14.3 Å². The van der Waals surface area contributed by atoms with E-state index < -0.39 is 29.9 Å². The minimum Gasteiger partial charge on any atom is -0.444 e. The average molecular weight is 472 g/mol. The summed E-state index contributed by atoms with van der Waals surface area (Å²) < 4.78 is 5.90. The number of nitrogens with one attached hydrogen (secondary N) is 2. The molecule has 8 nitrogen and oxygen atoms in total. The molecule has 0 saturated carbocycles. The standard InChI is InChI=1S/C18H20BrClN4O4/c1-18(2,3)28-17(27)23-13-5-4-11(19)8-14(13)22-15(25)9-16(26)24-7-6-12(20)10-21-24/h4-8,10,12H,9H2,1-3H3,(H,22,25)(H,23,27). The molecule has 1 aromatic carbocycles. The van der Waals surface area contributed by atoms with Crippen LogP contribution in [0.1, 0.15) is 27.2 Å². The van der Waals surface area contributed by atoms with Crippen molar-refractivity contribution >= 4 is 63.0 Å². The molecule has 0 aromatic heterocycles. The number of rotatable bonds is 4.